The number of hydrogen-bond donors (Lipinski definition) is 2. The van der Waals surface area contributed by atoms with E-state index in [0.717, 1.165) is 12.3 Å². The van der Waals surface area contributed by atoms with E-state index in [1.54, 1.807) is 0 Å². The number of amides is 1. The van der Waals surface area contributed by atoms with Crippen LogP contribution in [-0.4, -0.2) is 24.0 Å². The number of hydrogen-bond acceptors (Lipinski definition) is 2. The fourth-order valence-corrected chi connectivity index (χ4v) is 4.60. The van der Waals surface area contributed by atoms with Crippen molar-refractivity contribution in [2.45, 2.75) is 89.3 Å². The molecular weight excluding hydrogens is 248 g/mol. The highest BCUT2D eigenvalue weighted by atomic mass is 16.2. The first kappa shape index (κ1) is 14.4. The van der Waals surface area contributed by atoms with Crippen molar-refractivity contribution in [3.63, 3.8) is 0 Å². The molecule has 0 aromatic heterocycles. The third kappa shape index (κ3) is 3.19. The van der Waals surface area contributed by atoms with E-state index in [4.69, 9.17) is 0 Å². The zero-order valence-electron chi connectivity index (χ0n) is 12.9. The Morgan fingerprint density at radius 3 is 2.50 bits per heavy atom. The topological polar surface area (TPSA) is 41.1 Å². The lowest BCUT2D eigenvalue weighted by Crippen LogP contribution is -2.56. The van der Waals surface area contributed by atoms with Crippen LogP contribution in [0.1, 0.15) is 71.1 Å². The molecule has 3 fully saturated rings. The van der Waals surface area contributed by atoms with Crippen LogP contribution in [-0.2, 0) is 4.79 Å². The van der Waals surface area contributed by atoms with Crippen molar-refractivity contribution < 1.29 is 4.79 Å². The van der Waals surface area contributed by atoms with Gasteiger partial charge in [0.2, 0.25) is 5.91 Å². The Morgan fingerprint density at radius 2 is 1.70 bits per heavy atom. The molecule has 0 aromatic carbocycles. The summed E-state index contributed by atoms with van der Waals surface area (Å²) >= 11 is 0. The number of carbonyl (C=O) groups excluding carboxylic acids is 1. The summed E-state index contributed by atoms with van der Waals surface area (Å²) in [7, 11) is 0. The number of carbonyl (C=O) groups is 1. The van der Waals surface area contributed by atoms with Crippen LogP contribution in [0.4, 0.5) is 0 Å². The fourth-order valence-electron chi connectivity index (χ4n) is 4.60. The summed E-state index contributed by atoms with van der Waals surface area (Å²) in [5, 5.41) is 6.92. The van der Waals surface area contributed by atoms with Crippen molar-refractivity contribution in [2.24, 2.45) is 11.8 Å². The summed E-state index contributed by atoms with van der Waals surface area (Å²) in [5.41, 5.74) is 0. The monoisotopic (exact) mass is 278 g/mol. The van der Waals surface area contributed by atoms with E-state index in [9.17, 15) is 4.79 Å². The molecule has 1 aliphatic heterocycles. The molecule has 0 bridgehead atoms. The Bertz CT molecular complexity index is 338. The molecule has 2 aliphatic carbocycles. The van der Waals surface area contributed by atoms with E-state index >= 15 is 0 Å². The molecule has 1 saturated heterocycles. The van der Waals surface area contributed by atoms with Gasteiger partial charge in [0.25, 0.3) is 0 Å². The van der Waals surface area contributed by atoms with Crippen LogP contribution in [0.3, 0.4) is 0 Å². The third-order valence-electron chi connectivity index (χ3n) is 5.94. The summed E-state index contributed by atoms with van der Waals surface area (Å²) in [6.45, 7) is 2.19. The third-order valence-corrected chi connectivity index (χ3v) is 5.94. The molecule has 0 spiro atoms. The van der Waals surface area contributed by atoms with Gasteiger partial charge in [-0.15, -0.1) is 0 Å². The number of rotatable bonds is 3. The van der Waals surface area contributed by atoms with Gasteiger partial charge in [-0.25, -0.2) is 0 Å². The van der Waals surface area contributed by atoms with E-state index in [2.05, 4.69) is 17.6 Å². The van der Waals surface area contributed by atoms with Gasteiger partial charge in [0.05, 0.1) is 6.04 Å². The van der Waals surface area contributed by atoms with Gasteiger partial charge < -0.3 is 10.6 Å². The Balaban J connectivity index is 1.49. The van der Waals surface area contributed by atoms with Gasteiger partial charge in [0, 0.05) is 12.1 Å². The molecular formula is C17H30N2O. The van der Waals surface area contributed by atoms with Gasteiger partial charge >= 0.3 is 0 Å². The number of nitrogens with one attached hydrogen (secondary N) is 2. The molecule has 3 rings (SSSR count). The van der Waals surface area contributed by atoms with Crippen LogP contribution in [0, 0.1) is 11.8 Å². The second-order valence-electron chi connectivity index (χ2n) is 7.29. The molecule has 20 heavy (non-hydrogen) atoms. The zero-order chi connectivity index (χ0) is 13.9. The van der Waals surface area contributed by atoms with E-state index in [1.807, 2.05) is 0 Å². The van der Waals surface area contributed by atoms with Crippen LogP contribution in [0.5, 0.6) is 0 Å². The maximum Gasteiger partial charge on any atom is 0.237 e. The molecule has 2 N–H and O–H groups in total. The first-order valence-corrected chi connectivity index (χ1v) is 8.80. The lowest BCUT2D eigenvalue weighted by molar-refractivity contribution is -0.125. The summed E-state index contributed by atoms with van der Waals surface area (Å²) in [5.74, 6) is 1.80. The van der Waals surface area contributed by atoms with Crippen LogP contribution < -0.4 is 10.6 Å². The molecule has 2 saturated carbocycles. The molecule has 3 unspecified atom stereocenters. The second kappa shape index (κ2) is 6.46. The minimum absolute atomic E-state index is 0.0678. The lowest BCUT2D eigenvalue weighted by Gasteiger charge is -2.40. The molecule has 0 aromatic rings. The Morgan fingerprint density at radius 1 is 1.00 bits per heavy atom. The summed E-state index contributed by atoms with van der Waals surface area (Å²) in [6.07, 6.45) is 12.9. The van der Waals surface area contributed by atoms with E-state index < -0.39 is 0 Å². The molecule has 1 amide bonds. The van der Waals surface area contributed by atoms with Crippen molar-refractivity contribution >= 4 is 5.91 Å². The highest BCUT2D eigenvalue weighted by Gasteiger charge is 2.35. The van der Waals surface area contributed by atoms with Gasteiger partial charge in [0.15, 0.2) is 0 Å². The first-order valence-electron chi connectivity index (χ1n) is 8.80. The average Bonchev–Trinajstić information content (AvgIpc) is 3.01. The highest BCUT2D eigenvalue weighted by Crippen LogP contribution is 2.32. The SMILES string of the molecule is C[C@@H](NC(=O)C1CCC2CCCCC2N1)C1CCCC1. The summed E-state index contributed by atoms with van der Waals surface area (Å²) in [6, 6.07) is 1.03. The smallest absolute Gasteiger partial charge is 0.237 e. The average molecular weight is 278 g/mol. The lowest BCUT2D eigenvalue weighted by atomic mass is 9.77. The Kier molecular flexibility index (Phi) is 4.65. The minimum Gasteiger partial charge on any atom is -0.352 e. The maximum absolute atomic E-state index is 12.5. The molecule has 1 heterocycles. The number of piperidine rings is 1. The molecule has 0 radical (unpaired) electrons. The normalized spacial score (nSPS) is 36.4. The molecule has 4 atom stereocenters. The van der Waals surface area contributed by atoms with Crippen molar-refractivity contribution in [1.82, 2.24) is 10.6 Å². The zero-order valence-corrected chi connectivity index (χ0v) is 12.9. The largest absolute Gasteiger partial charge is 0.352 e. The van der Waals surface area contributed by atoms with E-state index in [-0.39, 0.29) is 11.9 Å². The quantitative estimate of drug-likeness (QED) is 0.833. The molecule has 114 valence electrons. The van der Waals surface area contributed by atoms with Crippen molar-refractivity contribution in [3.8, 4) is 0 Å². The predicted molar refractivity (Wildman–Crippen MR) is 81.5 cm³/mol. The van der Waals surface area contributed by atoms with Crippen molar-refractivity contribution in [2.75, 3.05) is 0 Å². The number of fused-ring (bicyclic) bond motifs is 1. The van der Waals surface area contributed by atoms with Crippen LogP contribution in [0.2, 0.25) is 0 Å². The second-order valence-corrected chi connectivity index (χ2v) is 7.29. The fraction of sp³-hybridized carbons (Fsp3) is 0.941. The van der Waals surface area contributed by atoms with Crippen molar-refractivity contribution in [3.05, 3.63) is 0 Å². The van der Waals surface area contributed by atoms with E-state index in [0.29, 0.717) is 18.0 Å². The van der Waals surface area contributed by atoms with Gasteiger partial charge in [-0.2, -0.15) is 0 Å². The van der Waals surface area contributed by atoms with Gasteiger partial charge in [-0.05, 0) is 57.3 Å². The highest BCUT2D eigenvalue weighted by molar-refractivity contribution is 5.82. The van der Waals surface area contributed by atoms with Crippen LogP contribution >= 0.6 is 0 Å². The molecule has 3 nitrogen and oxygen atoms in total. The molecule has 3 aliphatic rings. The van der Waals surface area contributed by atoms with E-state index in [1.165, 1.54) is 57.8 Å². The Labute approximate surface area is 123 Å². The minimum atomic E-state index is 0.0678. The van der Waals surface area contributed by atoms with Gasteiger partial charge in [-0.3, -0.25) is 4.79 Å². The van der Waals surface area contributed by atoms with Crippen LogP contribution in [0.15, 0.2) is 0 Å². The summed E-state index contributed by atoms with van der Waals surface area (Å²) < 4.78 is 0. The van der Waals surface area contributed by atoms with Crippen LogP contribution in [0.25, 0.3) is 0 Å². The first-order chi connectivity index (χ1) is 9.74. The van der Waals surface area contributed by atoms with Gasteiger partial charge in [0.1, 0.15) is 0 Å². The molecule has 3 heteroatoms. The standard InChI is InChI=1S/C17H30N2O/c1-12(13-6-2-3-7-13)18-17(20)16-11-10-14-8-4-5-9-15(14)19-16/h12-16,19H,2-11H2,1H3,(H,18,20)/t12-,14?,15?,16?/m1/s1. The van der Waals surface area contributed by atoms with Crippen molar-refractivity contribution in [1.29, 1.82) is 0 Å². The maximum atomic E-state index is 12.5. The predicted octanol–water partition coefficient (Wildman–Crippen LogP) is 2.99. The van der Waals surface area contributed by atoms with Gasteiger partial charge in [-0.1, -0.05) is 25.7 Å². The Hall–Kier alpha value is -0.570. The summed E-state index contributed by atoms with van der Waals surface area (Å²) in [4.78, 5) is 12.5.